The number of carbonyl (C=O) groups is 1. The number of amides is 1. The average Bonchev–Trinajstić information content (AvgIpc) is 3.25. The molecule has 5 heteroatoms. The molecule has 1 aliphatic heterocycles. The SMILES string of the molecule is Cc1ccc(-c2cc(CNC(=O)C3c4ccccc4Oc4ccccc43)no2)cc1. The predicted octanol–water partition coefficient (Wildman–Crippen LogP) is 5.20. The number of aryl methyl sites for hydroxylation is 1. The molecule has 2 heterocycles. The second kappa shape index (κ2) is 7.52. The van der Waals surface area contributed by atoms with Gasteiger partial charge in [0.2, 0.25) is 5.91 Å². The fraction of sp³-hybridized carbons (Fsp3) is 0.120. The van der Waals surface area contributed by atoms with Gasteiger partial charge in [-0.05, 0) is 19.1 Å². The summed E-state index contributed by atoms with van der Waals surface area (Å²) in [5, 5.41) is 7.11. The van der Waals surface area contributed by atoms with Crippen molar-refractivity contribution in [2.24, 2.45) is 0 Å². The molecule has 0 atom stereocenters. The van der Waals surface area contributed by atoms with Gasteiger partial charge in [-0.15, -0.1) is 0 Å². The van der Waals surface area contributed by atoms with Gasteiger partial charge in [0.1, 0.15) is 17.2 Å². The highest BCUT2D eigenvalue weighted by Crippen LogP contribution is 2.43. The molecule has 5 rings (SSSR count). The number of fused-ring (bicyclic) bond motifs is 2. The van der Waals surface area contributed by atoms with Crippen molar-refractivity contribution < 1.29 is 14.1 Å². The Kier molecular flexibility index (Phi) is 4.56. The lowest BCUT2D eigenvalue weighted by atomic mass is 9.87. The van der Waals surface area contributed by atoms with Crippen LogP contribution in [-0.4, -0.2) is 11.1 Å². The summed E-state index contributed by atoms with van der Waals surface area (Å²) in [6, 6.07) is 25.2. The summed E-state index contributed by atoms with van der Waals surface area (Å²) in [5.74, 6) is 1.56. The third kappa shape index (κ3) is 3.35. The summed E-state index contributed by atoms with van der Waals surface area (Å²) in [6.07, 6.45) is 0. The van der Waals surface area contributed by atoms with Gasteiger partial charge in [-0.2, -0.15) is 0 Å². The Morgan fingerprint density at radius 2 is 1.57 bits per heavy atom. The van der Waals surface area contributed by atoms with Gasteiger partial charge in [-0.1, -0.05) is 71.4 Å². The summed E-state index contributed by atoms with van der Waals surface area (Å²) < 4.78 is 11.4. The van der Waals surface area contributed by atoms with Gasteiger partial charge in [0.25, 0.3) is 0 Å². The number of nitrogens with one attached hydrogen (secondary N) is 1. The molecule has 0 radical (unpaired) electrons. The first-order chi connectivity index (χ1) is 14.7. The van der Waals surface area contributed by atoms with Crippen LogP contribution in [0.3, 0.4) is 0 Å². The third-order valence-electron chi connectivity index (χ3n) is 5.28. The molecular weight excluding hydrogens is 376 g/mol. The van der Waals surface area contributed by atoms with Gasteiger partial charge in [0.05, 0.1) is 12.5 Å². The zero-order chi connectivity index (χ0) is 20.5. The molecule has 0 spiro atoms. The molecule has 0 saturated heterocycles. The summed E-state index contributed by atoms with van der Waals surface area (Å²) in [7, 11) is 0. The smallest absolute Gasteiger partial charge is 0.232 e. The molecule has 1 amide bonds. The van der Waals surface area contributed by atoms with E-state index in [0.29, 0.717) is 23.0 Å². The van der Waals surface area contributed by atoms with Crippen LogP contribution in [-0.2, 0) is 11.3 Å². The highest BCUT2D eigenvalue weighted by Gasteiger charge is 2.32. The monoisotopic (exact) mass is 396 g/mol. The van der Waals surface area contributed by atoms with Crippen LogP contribution in [0.1, 0.15) is 28.3 Å². The molecule has 4 aromatic rings. The molecule has 30 heavy (non-hydrogen) atoms. The lowest BCUT2D eigenvalue weighted by molar-refractivity contribution is -0.122. The fourth-order valence-corrected chi connectivity index (χ4v) is 3.72. The first-order valence-corrected chi connectivity index (χ1v) is 9.85. The highest BCUT2D eigenvalue weighted by molar-refractivity contribution is 5.89. The lowest BCUT2D eigenvalue weighted by Crippen LogP contribution is -2.31. The molecule has 148 valence electrons. The maximum Gasteiger partial charge on any atom is 0.232 e. The van der Waals surface area contributed by atoms with Gasteiger partial charge in [-0.25, -0.2) is 0 Å². The quantitative estimate of drug-likeness (QED) is 0.515. The van der Waals surface area contributed by atoms with Crippen LogP contribution in [0.25, 0.3) is 11.3 Å². The predicted molar refractivity (Wildman–Crippen MR) is 113 cm³/mol. The number of rotatable bonds is 4. The fourth-order valence-electron chi connectivity index (χ4n) is 3.72. The number of ether oxygens (including phenoxy) is 1. The zero-order valence-corrected chi connectivity index (χ0v) is 16.5. The van der Waals surface area contributed by atoms with Crippen LogP contribution < -0.4 is 10.1 Å². The first kappa shape index (κ1) is 18.2. The van der Waals surface area contributed by atoms with E-state index in [1.807, 2.05) is 85.8 Å². The van der Waals surface area contributed by atoms with Gasteiger partial charge >= 0.3 is 0 Å². The van der Waals surface area contributed by atoms with Crippen molar-refractivity contribution in [2.45, 2.75) is 19.4 Å². The van der Waals surface area contributed by atoms with Crippen molar-refractivity contribution in [3.8, 4) is 22.8 Å². The molecule has 0 aliphatic carbocycles. The second-order valence-corrected chi connectivity index (χ2v) is 7.38. The minimum Gasteiger partial charge on any atom is -0.457 e. The van der Waals surface area contributed by atoms with E-state index < -0.39 is 5.92 Å². The molecule has 5 nitrogen and oxygen atoms in total. The van der Waals surface area contributed by atoms with Crippen LogP contribution >= 0.6 is 0 Å². The standard InChI is InChI=1S/C25H20N2O3/c1-16-10-12-17(13-11-16)23-14-18(27-30-23)15-26-25(28)24-19-6-2-4-8-21(19)29-22-9-5-3-7-20(22)24/h2-14,24H,15H2,1H3,(H,26,28). The minimum atomic E-state index is -0.436. The van der Waals surface area contributed by atoms with E-state index in [4.69, 9.17) is 9.26 Å². The molecule has 0 bridgehead atoms. The molecule has 3 aromatic carbocycles. The molecule has 0 saturated carbocycles. The van der Waals surface area contributed by atoms with E-state index in [9.17, 15) is 4.79 Å². The van der Waals surface area contributed by atoms with Crippen molar-refractivity contribution in [2.75, 3.05) is 0 Å². The Labute approximate surface area is 174 Å². The zero-order valence-electron chi connectivity index (χ0n) is 16.5. The second-order valence-electron chi connectivity index (χ2n) is 7.38. The Bertz CT molecular complexity index is 1170. The minimum absolute atomic E-state index is 0.0990. The number of hydrogen-bond acceptors (Lipinski definition) is 4. The Morgan fingerprint density at radius 3 is 2.23 bits per heavy atom. The number of hydrogen-bond donors (Lipinski definition) is 1. The molecule has 0 fully saturated rings. The number of aromatic nitrogens is 1. The van der Waals surface area contributed by atoms with Gasteiger partial charge in [0.15, 0.2) is 5.76 Å². The van der Waals surface area contributed by atoms with Gasteiger partial charge in [-0.3, -0.25) is 4.79 Å². The topological polar surface area (TPSA) is 64.4 Å². The van der Waals surface area contributed by atoms with E-state index in [0.717, 1.165) is 16.7 Å². The summed E-state index contributed by atoms with van der Waals surface area (Å²) >= 11 is 0. The van der Waals surface area contributed by atoms with E-state index >= 15 is 0 Å². The number of nitrogens with zero attached hydrogens (tertiary/aromatic N) is 1. The van der Waals surface area contributed by atoms with E-state index in [1.165, 1.54) is 5.56 Å². The Hall–Kier alpha value is -3.86. The normalized spacial score (nSPS) is 12.6. The maximum absolute atomic E-state index is 13.2. The Balaban J connectivity index is 1.36. The van der Waals surface area contributed by atoms with Crippen LogP contribution in [0.15, 0.2) is 83.4 Å². The lowest BCUT2D eigenvalue weighted by Gasteiger charge is -2.27. The largest absolute Gasteiger partial charge is 0.457 e. The number of para-hydroxylation sites is 2. The summed E-state index contributed by atoms with van der Waals surface area (Å²) in [5.41, 5.74) is 4.52. The van der Waals surface area contributed by atoms with Crippen molar-refractivity contribution in [1.82, 2.24) is 10.5 Å². The van der Waals surface area contributed by atoms with Gasteiger partial charge in [0, 0.05) is 22.8 Å². The molecule has 1 N–H and O–H groups in total. The average molecular weight is 396 g/mol. The van der Waals surface area contributed by atoms with Crippen LogP contribution in [0.2, 0.25) is 0 Å². The molecule has 1 aromatic heterocycles. The summed E-state index contributed by atoms with van der Waals surface area (Å²) in [4.78, 5) is 13.2. The first-order valence-electron chi connectivity index (χ1n) is 9.85. The Morgan fingerprint density at radius 1 is 0.933 bits per heavy atom. The van der Waals surface area contributed by atoms with Gasteiger partial charge < -0.3 is 14.6 Å². The van der Waals surface area contributed by atoms with E-state index in [-0.39, 0.29) is 12.5 Å². The van der Waals surface area contributed by atoms with Crippen LogP contribution in [0, 0.1) is 6.92 Å². The molecule has 1 aliphatic rings. The van der Waals surface area contributed by atoms with Crippen molar-refractivity contribution in [3.63, 3.8) is 0 Å². The summed E-state index contributed by atoms with van der Waals surface area (Å²) in [6.45, 7) is 2.33. The van der Waals surface area contributed by atoms with E-state index in [1.54, 1.807) is 0 Å². The van der Waals surface area contributed by atoms with Crippen molar-refractivity contribution in [3.05, 3.63) is 101 Å². The third-order valence-corrected chi connectivity index (χ3v) is 5.28. The molecule has 0 unspecified atom stereocenters. The highest BCUT2D eigenvalue weighted by atomic mass is 16.5. The van der Waals surface area contributed by atoms with Crippen LogP contribution in [0.4, 0.5) is 0 Å². The maximum atomic E-state index is 13.2. The van der Waals surface area contributed by atoms with Crippen molar-refractivity contribution >= 4 is 5.91 Å². The van der Waals surface area contributed by atoms with Crippen LogP contribution in [0.5, 0.6) is 11.5 Å². The number of benzene rings is 3. The van der Waals surface area contributed by atoms with Crippen molar-refractivity contribution in [1.29, 1.82) is 0 Å². The molecular formula is C25H20N2O3. The number of carbonyl (C=O) groups excluding carboxylic acids is 1. The van der Waals surface area contributed by atoms with E-state index in [2.05, 4.69) is 10.5 Å².